The van der Waals surface area contributed by atoms with Gasteiger partial charge in [-0.15, -0.1) is 0 Å². The molecule has 2 heterocycles. The predicted molar refractivity (Wildman–Crippen MR) is 136 cm³/mol. The van der Waals surface area contributed by atoms with Crippen molar-refractivity contribution in [3.63, 3.8) is 0 Å². The van der Waals surface area contributed by atoms with Crippen molar-refractivity contribution in [1.82, 2.24) is 4.90 Å². The number of nitro benzene ring substituents is 1. The molecule has 9 nitrogen and oxygen atoms in total. The van der Waals surface area contributed by atoms with Gasteiger partial charge >= 0.3 is 6.09 Å². The smallest absolute Gasteiger partial charge is 0.410 e. The van der Waals surface area contributed by atoms with Gasteiger partial charge in [-0.3, -0.25) is 10.1 Å². The molecular formula is C26H31N3O6S. The molecule has 2 aromatic carbocycles. The first kappa shape index (κ1) is 24.7. The van der Waals surface area contributed by atoms with E-state index in [4.69, 9.17) is 14.2 Å². The summed E-state index contributed by atoms with van der Waals surface area (Å²) in [6.45, 7) is 6.94. The molecule has 0 spiro atoms. The number of anilines is 2. The Bertz CT molecular complexity index is 1150. The third-order valence-electron chi connectivity index (χ3n) is 6.45. The Morgan fingerprint density at radius 2 is 1.69 bits per heavy atom. The normalized spacial score (nSPS) is 21.5. The number of benzene rings is 2. The van der Waals surface area contributed by atoms with Crippen LogP contribution in [-0.4, -0.2) is 52.9 Å². The molecule has 192 valence electrons. The predicted octanol–water partition coefficient (Wildman–Crippen LogP) is 6.13. The van der Waals surface area contributed by atoms with Gasteiger partial charge in [0.05, 0.1) is 28.5 Å². The number of non-ortho nitro benzene ring substituents is 1. The van der Waals surface area contributed by atoms with Crippen molar-refractivity contribution in [3.8, 4) is 5.75 Å². The summed E-state index contributed by atoms with van der Waals surface area (Å²) in [4.78, 5) is 26.5. The number of amides is 1. The number of rotatable bonds is 5. The van der Waals surface area contributed by atoms with Crippen molar-refractivity contribution in [2.75, 3.05) is 18.4 Å². The molecule has 2 fully saturated rings. The summed E-state index contributed by atoms with van der Waals surface area (Å²) < 4.78 is 17.9. The van der Waals surface area contributed by atoms with E-state index in [9.17, 15) is 14.9 Å². The number of carbonyl (C=O) groups is 1. The topological polar surface area (TPSA) is 103 Å². The summed E-state index contributed by atoms with van der Waals surface area (Å²) in [6.07, 6.45) is 3.49. The Balaban J connectivity index is 1.08. The molecule has 36 heavy (non-hydrogen) atoms. The van der Waals surface area contributed by atoms with E-state index in [1.807, 2.05) is 39.0 Å². The number of nitro groups is 1. The largest absolute Gasteiger partial charge is 0.490 e. The first-order valence-electron chi connectivity index (χ1n) is 12.3. The van der Waals surface area contributed by atoms with E-state index in [2.05, 4.69) is 5.32 Å². The molecule has 10 heteroatoms. The van der Waals surface area contributed by atoms with Crippen LogP contribution in [0.2, 0.25) is 0 Å². The third kappa shape index (κ3) is 5.70. The Hall–Kier alpha value is -2.98. The zero-order valence-electron chi connectivity index (χ0n) is 20.7. The van der Waals surface area contributed by atoms with E-state index >= 15 is 0 Å². The molecule has 0 radical (unpaired) electrons. The number of hydrogen-bond acceptors (Lipinski definition) is 8. The van der Waals surface area contributed by atoms with Crippen molar-refractivity contribution in [3.05, 3.63) is 46.5 Å². The summed E-state index contributed by atoms with van der Waals surface area (Å²) in [5, 5.41) is 14.4. The van der Waals surface area contributed by atoms with Crippen LogP contribution >= 0.6 is 11.8 Å². The molecule has 0 aromatic heterocycles. The van der Waals surface area contributed by atoms with Crippen LogP contribution in [0.15, 0.2) is 46.2 Å². The Kier molecular flexibility index (Phi) is 6.74. The number of nitrogens with one attached hydrogen (secondary N) is 1. The fourth-order valence-corrected chi connectivity index (χ4v) is 5.58. The van der Waals surface area contributed by atoms with Gasteiger partial charge in [-0.2, -0.15) is 0 Å². The first-order chi connectivity index (χ1) is 17.1. The summed E-state index contributed by atoms with van der Waals surface area (Å²) in [6, 6.07) is 10.7. The van der Waals surface area contributed by atoms with E-state index in [1.165, 1.54) is 17.8 Å². The molecule has 1 saturated heterocycles. The average molecular weight is 514 g/mol. The van der Waals surface area contributed by atoms with Gasteiger partial charge in [-0.25, -0.2) is 4.79 Å². The van der Waals surface area contributed by atoms with Gasteiger partial charge in [-0.1, -0.05) is 11.8 Å². The standard InChI is InChI=1S/C26H31N3O6S/c1-26(2,3)35-25(30)28-10-8-17(9-11-28)33-19-13-20(14-19)34-18-5-7-22-24(15-18)36-23-12-16(29(31)32)4-6-21(23)27-22/h4-7,12,15,17,19-20,27H,8-11,13-14H2,1-3H3. The quantitative estimate of drug-likeness (QED) is 0.321. The number of likely N-dealkylation sites (tertiary alicyclic amines) is 1. The fourth-order valence-electron chi connectivity index (χ4n) is 4.53. The number of fused-ring (bicyclic) bond motifs is 2. The molecule has 2 aliphatic heterocycles. The Morgan fingerprint density at radius 1 is 1.03 bits per heavy atom. The van der Waals surface area contributed by atoms with Gasteiger partial charge in [0, 0.05) is 47.9 Å². The summed E-state index contributed by atoms with van der Waals surface area (Å²) >= 11 is 1.50. The summed E-state index contributed by atoms with van der Waals surface area (Å²) in [5.74, 6) is 0.783. The summed E-state index contributed by atoms with van der Waals surface area (Å²) in [7, 11) is 0. The molecule has 0 unspecified atom stereocenters. The maximum atomic E-state index is 12.2. The first-order valence-corrected chi connectivity index (χ1v) is 13.1. The molecule has 1 saturated carbocycles. The molecule has 1 amide bonds. The van der Waals surface area contributed by atoms with Crippen LogP contribution in [0.4, 0.5) is 21.9 Å². The minimum absolute atomic E-state index is 0.0786. The second-order valence-electron chi connectivity index (χ2n) is 10.5. The number of carbonyl (C=O) groups excluding carboxylic acids is 1. The van der Waals surface area contributed by atoms with Gasteiger partial charge in [-0.05, 0) is 57.9 Å². The van der Waals surface area contributed by atoms with Crippen molar-refractivity contribution in [1.29, 1.82) is 0 Å². The van der Waals surface area contributed by atoms with Crippen LogP contribution in [-0.2, 0) is 9.47 Å². The van der Waals surface area contributed by atoms with Gasteiger partial charge in [0.1, 0.15) is 17.5 Å². The molecule has 3 aliphatic rings. The highest BCUT2D eigenvalue weighted by molar-refractivity contribution is 7.99. The zero-order chi connectivity index (χ0) is 25.4. The van der Waals surface area contributed by atoms with Gasteiger partial charge < -0.3 is 24.4 Å². The van der Waals surface area contributed by atoms with Crippen LogP contribution in [0.3, 0.4) is 0 Å². The van der Waals surface area contributed by atoms with E-state index in [-0.39, 0.29) is 35.0 Å². The molecule has 1 aliphatic carbocycles. The lowest BCUT2D eigenvalue weighted by molar-refractivity contribution is -0.385. The number of ether oxygens (including phenoxy) is 3. The average Bonchev–Trinajstić information content (AvgIpc) is 2.80. The lowest BCUT2D eigenvalue weighted by Crippen LogP contribution is -2.46. The van der Waals surface area contributed by atoms with Crippen molar-refractivity contribution >= 4 is 34.9 Å². The monoisotopic (exact) mass is 513 g/mol. The number of hydrogen-bond donors (Lipinski definition) is 1. The zero-order valence-corrected chi connectivity index (χ0v) is 21.5. The highest BCUT2D eigenvalue weighted by Crippen LogP contribution is 2.46. The van der Waals surface area contributed by atoms with Crippen molar-refractivity contribution in [2.45, 2.75) is 80.2 Å². The van der Waals surface area contributed by atoms with Crippen LogP contribution in [0, 0.1) is 10.1 Å². The maximum Gasteiger partial charge on any atom is 0.410 e. The maximum absolute atomic E-state index is 12.2. The number of nitrogens with zero attached hydrogens (tertiary/aromatic N) is 2. The van der Waals surface area contributed by atoms with E-state index in [1.54, 1.807) is 17.0 Å². The summed E-state index contributed by atoms with van der Waals surface area (Å²) in [5.41, 5.74) is 1.42. The van der Waals surface area contributed by atoms with E-state index in [0.29, 0.717) is 13.1 Å². The molecular weight excluding hydrogens is 482 g/mol. The van der Waals surface area contributed by atoms with Crippen LogP contribution in [0.5, 0.6) is 5.75 Å². The van der Waals surface area contributed by atoms with Crippen LogP contribution < -0.4 is 10.1 Å². The minimum Gasteiger partial charge on any atom is -0.490 e. The molecule has 1 N–H and O–H groups in total. The molecule has 2 aromatic rings. The van der Waals surface area contributed by atoms with Crippen molar-refractivity contribution in [2.24, 2.45) is 0 Å². The van der Waals surface area contributed by atoms with Gasteiger partial charge in [0.2, 0.25) is 0 Å². The van der Waals surface area contributed by atoms with Crippen LogP contribution in [0.25, 0.3) is 0 Å². The minimum atomic E-state index is -0.482. The second-order valence-corrected chi connectivity index (χ2v) is 11.5. The lowest BCUT2D eigenvalue weighted by atomic mass is 9.91. The third-order valence-corrected chi connectivity index (χ3v) is 7.57. The van der Waals surface area contributed by atoms with Crippen LogP contribution in [0.1, 0.15) is 46.5 Å². The second kappa shape index (κ2) is 9.82. The van der Waals surface area contributed by atoms with Crippen molar-refractivity contribution < 1.29 is 23.9 Å². The molecule has 0 bridgehead atoms. The fraction of sp³-hybridized carbons (Fsp3) is 0.500. The van der Waals surface area contributed by atoms with E-state index < -0.39 is 5.60 Å². The molecule has 5 rings (SSSR count). The van der Waals surface area contributed by atoms with Gasteiger partial charge in [0.25, 0.3) is 5.69 Å². The number of piperidine rings is 1. The molecule has 0 atom stereocenters. The SMILES string of the molecule is CC(C)(C)OC(=O)N1CCC(OC2CC(Oc3ccc4c(c3)Sc3cc([N+](=O)[O-])ccc3N4)C2)CC1. The lowest BCUT2D eigenvalue weighted by Gasteiger charge is -2.40. The van der Waals surface area contributed by atoms with E-state index in [0.717, 1.165) is 52.6 Å². The highest BCUT2D eigenvalue weighted by Gasteiger charge is 2.35. The van der Waals surface area contributed by atoms with Gasteiger partial charge in [0.15, 0.2) is 0 Å². The Morgan fingerprint density at radius 3 is 2.36 bits per heavy atom. The Labute approximate surface area is 214 Å². The highest BCUT2D eigenvalue weighted by atomic mass is 32.2.